The number of hydrogen-bond acceptors (Lipinski definition) is 4. The fourth-order valence-electron chi connectivity index (χ4n) is 2.11. The van der Waals surface area contributed by atoms with Gasteiger partial charge in [-0.3, -0.25) is 4.79 Å². The lowest BCUT2D eigenvalue weighted by Gasteiger charge is -2.19. The Morgan fingerprint density at radius 2 is 1.86 bits per heavy atom. The van der Waals surface area contributed by atoms with Crippen LogP contribution in [0.3, 0.4) is 0 Å². The second-order valence-electron chi connectivity index (χ2n) is 4.74. The number of amides is 1. The van der Waals surface area contributed by atoms with Gasteiger partial charge in [-0.05, 0) is 24.3 Å². The topological polar surface area (TPSA) is 59.6 Å². The number of para-hydroxylation sites is 1. The molecular weight excluding hydrogens is 304 g/mol. The van der Waals surface area contributed by atoms with Crippen molar-refractivity contribution in [2.24, 2.45) is 0 Å². The molecule has 0 aliphatic carbocycles. The number of benzene rings is 2. The van der Waals surface area contributed by atoms with Crippen molar-refractivity contribution in [3.63, 3.8) is 0 Å². The third kappa shape index (κ3) is 3.43. The largest absolute Gasteiger partial charge is 0.486 e. The van der Waals surface area contributed by atoms with Crippen LogP contribution in [0.25, 0.3) is 0 Å². The van der Waals surface area contributed by atoms with Gasteiger partial charge < -0.3 is 20.1 Å². The summed E-state index contributed by atoms with van der Waals surface area (Å²) >= 11 is 6.02. The van der Waals surface area contributed by atoms with Gasteiger partial charge in [-0.2, -0.15) is 0 Å². The molecule has 1 aliphatic rings. The van der Waals surface area contributed by atoms with E-state index in [1.54, 1.807) is 24.3 Å². The summed E-state index contributed by atoms with van der Waals surface area (Å²) in [5.41, 5.74) is 1.39. The molecule has 2 N–H and O–H groups in total. The zero-order chi connectivity index (χ0) is 15.4. The van der Waals surface area contributed by atoms with Crippen molar-refractivity contribution in [2.45, 2.75) is 0 Å². The SMILES string of the molecule is O=C(CNc1ccccc1Cl)Nc1ccc2c(c1)OCCO2. The lowest BCUT2D eigenvalue weighted by molar-refractivity contribution is -0.114. The van der Waals surface area contributed by atoms with Crippen molar-refractivity contribution in [2.75, 3.05) is 30.4 Å². The Morgan fingerprint density at radius 3 is 2.68 bits per heavy atom. The highest BCUT2D eigenvalue weighted by molar-refractivity contribution is 6.33. The van der Waals surface area contributed by atoms with E-state index in [1.165, 1.54) is 0 Å². The summed E-state index contributed by atoms with van der Waals surface area (Å²) in [4.78, 5) is 12.0. The molecule has 5 nitrogen and oxygen atoms in total. The first kappa shape index (κ1) is 14.5. The Kier molecular flexibility index (Phi) is 4.34. The van der Waals surface area contributed by atoms with Gasteiger partial charge >= 0.3 is 0 Å². The summed E-state index contributed by atoms with van der Waals surface area (Å²) < 4.78 is 10.9. The van der Waals surface area contributed by atoms with Gasteiger partial charge in [0, 0.05) is 11.8 Å². The van der Waals surface area contributed by atoms with E-state index in [1.807, 2.05) is 18.2 Å². The molecule has 22 heavy (non-hydrogen) atoms. The van der Waals surface area contributed by atoms with E-state index in [9.17, 15) is 4.79 Å². The number of carbonyl (C=O) groups is 1. The maximum Gasteiger partial charge on any atom is 0.243 e. The van der Waals surface area contributed by atoms with E-state index in [0.717, 1.165) is 5.69 Å². The van der Waals surface area contributed by atoms with Gasteiger partial charge in [0.2, 0.25) is 5.91 Å². The van der Waals surface area contributed by atoms with Gasteiger partial charge in [0.25, 0.3) is 0 Å². The van der Waals surface area contributed by atoms with Crippen molar-refractivity contribution in [1.82, 2.24) is 0 Å². The molecule has 1 aliphatic heterocycles. The highest BCUT2D eigenvalue weighted by atomic mass is 35.5. The maximum atomic E-state index is 12.0. The molecule has 0 atom stereocenters. The molecule has 0 unspecified atom stereocenters. The monoisotopic (exact) mass is 318 g/mol. The van der Waals surface area contributed by atoms with Crippen molar-refractivity contribution in [3.8, 4) is 11.5 Å². The summed E-state index contributed by atoms with van der Waals surface area (Å²) in [7, 11) is 0. The minimum Gasteiger partial charge on any atom is -0.486 e. The average Bonchev–Trinajstić information content (AvgIpc) is 2.54. The van der Waals surface area contributed by atoms with Crippen LogP contribution in [0.2, 0.25) is 5.02 Å². The molecule has 6 heteroatoms. The van der Waals surface area contributed by atoms with Gasteiger partial charge in [0.1, 0.15) is 13.2 Å². The van der Waals surface area contributed by atoms with E-state index in [2.05, 4.69) is 10.6 Å². The van der Waals surface area contributed by atoms with Crippen LogP contribution < -0.4 is 20.1 Å². The molecule has 0 fully saturated rings. The molecule has 2 aromatic carbocycles. The van der Waals surface area contributed by atoms with Gasteiger partial charge in [-0.1, -0.05) is 23.7 Å². The van der Waals surface area contributed by atoms with Crippen LogP contribution in [-0.2, 0) is 4.79 Å². The molecule has 0 saturated heterocycles. The predicted octanol–water partition coefficient (Wildman–Crippen LogP) is 3.16. The lowest BCUT2D eigenvalue weighted by atomic mass is 10.2. The summed E-state index contributed by atoms with van der Waals surface area (Å²) in [6.45, 7) is 1.18. The molecule has 0 saturated carbocycles. The van der Waals surface area contributed by atoms with Gasteiger partial charge in [0.05, 0.1) is 17.3 Å². The Labute approximate surface area is 133 Å². The summed E-state index contributed by atoms with van der Waals surface area (Å²) in [6, 6.07) is 12.6. The number of ether oxygens (including phenoxy) is 2. The quantitative estimate of drug-likeness (QED) is 0.909. The van der Waals surface area contributed by atoms with Gasteiger partial charge in [-0.15, -0.1) is 0 Å². The second-order valence-corrected chi connectivity index (χ2v) is 5.15. The number of rotatable bonds is 4. The highest BCUT2D eigenvalue weighted by Crippen LogP contribution is 2.32. The van der Waals surface area contributed by atoms with Crippen molar-refractivity contribution in [3.05, 3.63) is 47.5 Å². The second kappa shape index (κ2) is 6.58. The first-order valence-electron chi connectivity index (χ1n) is 6.90. The number of anilines is 2. The molecule has 0 bridgehead atoms. The van der Waals surface area contributed by atoms with Crippen LogP contribution in [0.15, 0.2) is 42.5 Å². The number of carbonyl (C=O) groups excluding carboxylic acids is 1. The Bertz CT molecular complexity index is 691. The van der Waals surface area contributed by atoms with E-state index >= 15 is 0 Å². The molecule has 0 spiro atoms. The molecule has 1 heterocycles. The van der Waals surface area contributed by atoms with E-state index in [-0.39, 0.29) is 12.5 Å². The fourth-order valence-corrected chi connectivity index (χ4v) is 2.31. The number of hydrogen-bond donors (Lipinski definition) is 2. The number of halogens is 1. The molecule has 0 aromatic heterocycles. The fraction of sp³-hybridized carbons (Fsp3) is 0.188. The maximum absolute atomic E-state index is 12.0. The molecule has 114 valence electrons. The molecule has 1 amide bonds. The Morgan fingerprint density at radius 1 is 1.09 bits per heavy atom. The van der Waals surface area contributed by atoms with Crippen molar-refractivity contribution < 1.29 is 14.3 Å². The van der Waals surface area contributed by atoms with Crippen LogP contribution in [-0.4, -0.2) is 25.7 Å². The Balaban J connectivity index is 1.59. The molecule has 0 radical (unpaired) electrons. The van der Waals surface area contributed by atoms with Crippen LogP contribution in [0.5, 0.6) is 11.5 Å². The van der Waals surface area contributed by atoms with Crippen molar-refractivity contribution in [1.29, 1.82) is 0 Å². The summed E-state index contributed by atoms with van der Waals surface area (Å²) in [5, 5.41) is 6.38. The highest BCUT2D eigenvalue weighted by Gasteiger charge is 2.12. The number of fused-ring (bicyclic) bond motifs is 1. The van der Waals surface area contributed by atoms with Gasteiger partial charge in [-0.25, -0.2) is 0 Å². The third-order valence-electron chi connectivity index (χ3n) is 3.14. The zero-order valence-corrected chi connectivity index (χ0v) is 12.5. The Hall–Kier alpha value is -2.40. The van der Waals surface area contributed by atoms with Crippen LogP contribution in [0, 0.1) is 0 Å². The van der Waals surface area contributed by atoms with Crippen LogP contribution in [0.1, 0.15) is 0 Å². The summed E-state index contributed by atoms with van der Waals surface area (Å²) in [5.74, 6) is 1.16. The van der Waals surface area contributed by atoms with Crippen LogP contribution in [0.4, 0.5) is 11.4 Å². The predicted molar refractivity (Wildman–Crippen MR) is 86.0 cm³/mol. The lowest BCUT2D eigenvalue weighted by Crippen LogP contribution is -2.22. The summed E-state index contributed by atoms with van der Waals surface area (Å²) in [6.07, 6.45) is 0. The van der Waals surface area contributed by atoms with Crippen molar-refractivity contribution >= 4 is 28.9 Å². The minimum atomic E-state index is -0.170. The van der Waals surface area contributed by atoms with E-state index in [0.29, 0.717) is 35.4 Å². The standard InChI is InChI=1S/C16H15ClN2O3/c17-12-3-1-2-4-13(12)18-10-16(20)19-11-5-6-14-15(9-11)22-8-7-21-14/h1-6,9,18H,7-8,10H2,(H,19,20). The average molecular weight is 319 g/mol. The zero-order valence-electron chi connectivity index (χ0n) is 11.8. The smallest absolute Gasteiger partial charge is 0.243 e. The van der Waals surface area contributed by atoms with E-state index in [4.69, 9.17) is 21.1 Å². The van der Waals surface area contributed by atoms with Crippen LogP contribution >= 0.6 is 11.6 Å². The first-order valence-corrected chi connectivity index (χ1v) is 7.28. The first-order chi connectivity index (χ1) is 10.7. The number of nitrogens with one attached hydrogen (secondary N) is 2. The molecular formula is C16H15ClN2O3. The molecule has 3 rings (SSSR count). The normalized spacial score (nSPS) is 12.6. The minimum absolute atomic E-state index is 0.123. The van der Waals surface area contributed by atoms with E-state index < -0.39 is 0 Å². The third-order valence-corrected chi connectivity index (χ3v) is 3.47. The van der Waals surface area contributed by atoms with Gasteiger partial charge in [0.15, 0.2) is 11.5 Å². The molecule has 2 aromatic rings.